The highest BCUT2D eigenvalue weighted by Crippen LogP contribution is 2.19. The summed E-state index contributed by atoms with van der Waals surface area (Å²) in [5, 5.41) is 5.34. The van der Waals surface area contributed by atoms with Crippen LogP contribution in [0.2, 0.25) is 0 Å². The second-order valence-corrected chi connectivity index (χ2v) is 5.82. The van der Waals surface area contributed by atoms with E-state index in [2.05, 4.69) is 22.8 Å². The molecular weight excluding hydrogens is 292 g/mol. The number of carbonyl (C=O) groups is 2. The first kappa shape index (κ1) is 17.2. The molecule has 0 spiro atoms. The van der Waals surface area contributed by atoms with Crippen molar-refractivity contribution in [1.29, 1.82) is 0 Å². The molecule has 0 saturated heterocycles. The Balaban J connectivity index is 1.85. The summed E-state index contributed by atoms with van der Waals surface area (Å²) in [5.74, 6) is -0.814. The number of rotatable bonds is 5. The molecule has 0 saturated carbocycles. The number of carbonyl (C=O) groups excluding carboxylic acids is 2. The van der Waals surface area contributed by atoms with Crippen LogP contribution in [0.25, 0.3) is 0 Å². The van der Waals surface area contributed by atoms with Crippen LogP contribution in [-0.2, 0) is 14.3 Å². The lowest BCUT2D eigenvalue weighted by atomic mass is 9.94. The number of methoxy groups -OCH3 is 1. The van der Waals surface area contributed by atoms with Crippen LogP contribution in [-0.4, -0.2) is 25.5 Å². The Morgan fingerprint density at radius 3 is 2.83 bits per heavy atom. The van der Waals surface area contributed by atoms with Crippen molar-refractivity contribution in [3.05, 3.63) is 42.0 Å². The Morgan fingerprint density at radius 2 is 2.13 bits per heavy atom. The molecule has 5 nitrogen and oxygen atoms in total. The summed E-state index contributed by atoms with van der Waals surface area (Å²) in [4.78, 5) is 23.9. The van der Waals surface area contributed by atoms with Crippen LogP contribution in [0.3, 0.4) is 0 Å². The molecule has 2 rings (SSSR count). The first-order chi connectivity index (χ1) is 11.1. The Bertz CT molecular complexity index is 583. The fraction of sp³-hybridized carbons (Fsp3) is 0.444. The maximum absolute atomic E-state index is 12.0. The normalized spacial score (nSPS) is 18.3. The summed E-state index contributed by atoms with van der Waals surface area (Å²) in [7, 11) is 1.63. The molecule has 1 aromatic carbocycles. The van der Waals surface area contributed by atoms with Crippen molar-refractivity contribution >= 4 is 17.5 Å². The molecule has 2 atom stereocenters. The standard InChI is InChI=1S/C18H24N2O3/c1-13(23-2)15-9-6-10-16(11-15)20-18(22)17(21)19-12-14-7-4-3-5-8-14/h3-4,6,9-11,13-14H,5,7-8,12H2,1-2H3,(H,19,21)(H,20,22)/t13-,14+/m0/s1. The van der Waals surface area contributed by atoms with E-state index in [4.69, 9.17) is 4.74 Å². The minimum Gasteiger partial charge on any atom is -0.377 e. The zero-order valence-corrected chi connectivity index (χ0v) is 13.7. The highest BCUT2D eigenvalue weighted by molar-refractivity contribution is 6.39. The molecule has 2 amide bonds. The van der Waals surface area contributed by atoms with Gasteiger partial charge in [0.1, 0.15) is 0 Å². The highest BCUT2D eigenvalue weighted by Gasteiger charge is 2.17. The molecule has 0 aliphatic heterocycles. The third-order valence-electron chi connectivity index (χ3n) is 4.10. The third kappa shape index (κ3) is 5.21. The second-order valence-electron chi connectivity index (χ2n) is 5.82. The van der Waals surface area contributed by atoms with Crippen molar-refractivity contribution < 1.29 is 14.3 Å². The molecule has 23 heavy (non-hydrogen) atoms. The Hall–Kier alpha value is -2.14. The fourth-order valence-electron chi connectivity index (χ4n) is 2.55. The number of anilines is 1. The predicted octanol–water partition coefficient (Wildman–Crippen LogP) is 2.81. The molecule has 0 radical (unpaired) electrons. The van der Waals surface area contributed by atoms with Gasteiger partial charge >= 0.3 is 11.8 Å². The lowest BCUT2D eigenvalue weighted by Crippen LogP contribution is -2.38. The zero-order chi connectivity index (χ0) is 16.7. The monoisotopic (exact) mass is 316 g/mol. The average molecular weight is 316 g/mol. The van der Waals surface area contributed by atoms with E-state index in [9.17, 15) is 9.59 Å². The van der Waals surface area contributed by atoms with Crippen LogP contribution < -0.4 is 10.6 Å². The Morgan fingerprint density at radius 1 is 1.30 bits per heavy atom. The average Bonchev–Trinajstić information content (AvgIpc) is 2.60. The maximum atomic E-state index is 12.0. The number of hydrogen-bond donors (Lipinski definition) is 2. The van der Waals surface area contributed by atoms with Crippen molar-refractivity contribution in [2.45, 2.75) is 32.3 Å². The van der Waals surface area contributed by atoms with Gasteiger partial charge in [0.2, 0.25) is 0 Å². The lowest BCUT2D eigenvalue weighted by molar-refractivity contribution is -0.136. The van der Waals surface area contributed by atoms with Crippen molar-refractivity contribution in [2.75, 3.05) is 19.0 Å². The van der Waals surface area contributed by atoms with Crippen LogP contribution >= 0.6 is 0 Å². The molecule has 0 aromatic heterocycles. The fourth-order valence-corrected chi connectivity index (χ4v) is 2.55. The summed E-state index contributed by atoms with van der Waals surface area (Å²) < 4.78 is 5.25. The molecule has 2 N–H and O–H groups in total. The van der Waals surface area contributed by atoms with Gasteiger partial charge in [-0.15, -0.1) is 0 Å². The van der Waals surface area contributed by atoms with E-state index in [-0.39, 0.29) is 6.10 Å². The molecule has 1 aliphatic carbocycles. The Labute approximate surface area is 137 Å². The molecule has 0 heterocycles. The van der Waals surface area contributed by atoms with Crippen molar-refractivity contribution in [2.24, 2.45) is 5.92 Å². The number of nitrogens with one attached hydrogen (secondary N) is 2. The number of ether oxygens (including phenoxy) is 1. The van der Waals surface area contributed by atoms with Gasteiger partial charge in [-0.3, -0.25) is 9.59 Å². The zero-order valence-electron chi connectivity index (χ0n) is 13.7. The second kappa shape index (κ2) is 8.48. The molecule has 5 heteroatoms. The first-order valence-electron chi connectivity index (χ1n) is 7.97. The van der Waals surface area contributed by atoms with Gasteiger partial charge < -0.3 is 15.4 Å². The van der Waals surface area contributed by atoms with Gasteiger partial charge in [-0.2, -0.15) is 0 Å². The quantitative estimate of drug-likeness (QED) is 0.648. The van der Waals surface area contributed by atoms with Crippen LogP contribution in [0, 0.1) is 5.92 Å². The molecule has 0 fully saturated rings. The minimum absolute atomic E-state index is 0.0694. The Kier molecular flexibility index (Phi) is 6.35. The molecule has 124 valence electrons. The van der Waals surface area contributed by atoms with E-state index in [0.717, 1.165) is 24.8 Å². The third-order valence-corrected chi connectivity index (χ3v) is 4.10. The van der Waals surface area contributed by atoms with Gasteiger partial charge in [0.25, 0.3) is 0 Å². The lowest BCUT2D eigenvalue weighted by Gasteiger charge is -2.18. The van der Waals surface area contributed by atoms with Crippen LogP contribution in [0.1, 0.15) is 37.9 Å². The van der Waals surface area contributed by atoms with Crippen molar-refractivity contribution in [1.82, 2.24) is 5.32 Å². The van der Waals surface area contributed by atoms with Crippen molar-refractivity contribution in [3.63, 3.8) is 0 Å². The highest BCUT2D eigenvalue weighted by atomic mass is 16.5. The van der Waals surface area contributed by atoms with E-state index in [1.165, 1.54) is 0 Å². The van der Waals surface area contributed by atoms with Crippen LogP contribution in [0.15, 0.2) is 36.4 Å². The molecule has 1 aromatic rings. The van der Waals surface area contributed by atoms with Crippen molar-refractivity contribution in [3.8, 4) is 0 Å². The smallest absolute Gasteiger partial charge is 0.313 e. The summed E-state index contributed by atoms with van der Waals surface area (Å²) >= 11 is 0. The van der Waals surface area contributed by atoms with E-state index in [0.29, 0.717) is 18.2 Å². The largest absolute Gasteiger partial charge is 0.377 e. The van der Waals surface area contributed by atoms with Gasteiger partial charge in [0.15, 0.2) is 0 Å². The molecule has 0 bridgehead atoms. The van der Waals surface area contributed by atoms with Gasteiger partial charge in [-0.05, 0) is 49.8 Å². The van der Waals surface area contributed by atoms with Crippen LogP contribution in [0.5, 0.6) is 0 Å². The molecule has 0 unspecified atom stereocenters. The van der Waals surface area contributed by atoms with Gasteiger partial charge in [-0.1, -0.05) is 24.3 Å². The summed E-state index contributed by atoms with van der Waals surface area (Å²) in [6.45, 7) is 2.46. The minimum atomic E-state index is -0.640. The van der Waals surface area contributed by atoms with E-state index in [1.807, 2.05) is 25.1 Å². The topological polar surface area (TPSA) is 67.4 Å². The van der Waals surface area contributed by atoms with Crippen LogP contribution in [0.4, 0.5) is 5.69 Å². The predicted molar refractivity (Wildman–Crippen MR) is 90.0 cm³/mol. The van der Waals surface area contributed by atoms with Gasteiger partial charge in [0.05, 0.1) is 6.10 Å². The van der Waals surface area contributed by atoms with Gasteiger partial charge in [-0.25, -0.2) is 0 Å². The molecular formula is C18H24N2O3. The molecule has 1 aliphatic rings. The number of allylic oxidation sites excluding steroid dienone is 2. The summed E-state index contributed by atoms with van der Waals surface area (Å²) in [5.41, 5.74) is 1.53. The number of hydrogen-bond acceptors (Lipinski definition) is 3. The van der Waals surface area contributed by atoms with E-state index in [1.54, 1.807) is 13.2 Å². The van der Waals surface area contributed by atoms with E-state index < -0.39 is 11.8 Å². The number of amides is 2. The summed E-state index contributed by atoms with van der Waals surface area (Å²) in [6, 6.07) is 7.31. The maximum Gasteiger partial charge on any atom is 0.313 e. The number of benzene rings is 1. The SMILES string of the molecule is CO[C@@H](C)c1cccc(NC(=O)C(=O)NC[C@@H]2CC=CCC2)c1. The van der Waals surface area contributed by atoms with E-state index >= 15 is 0 Å². The summed E-state index contributed by atoms with van der Waals surface area (Å²) in [6.07, 6.45) is 7.26. The van der Waals surface area contributed by atoms with Gasteiger partial charge in [0, 0.05) is 19.3 Å². The first-order valence-corrected chi connectivity index (χ1v) is 7.97.